The summed E-state index contributed by atoms with van der Waals surface area (Å²) in [5, 5.41) is 3.96. The quantitative estimate of drug-likeness (QED) is 0.907. The second kappa shape index (κ2) is 7.13. The van der Waals surface area contributed by atoms with Gasteiger partial charge in [0.2, 0.25) is 5.91 Å². The summed E-state index contributed by atoms with van der Waals surface area (Å²) >= 11 is 11.8. The van der Waals surface area contributed by atoms with E-state index in [2.05, 4.69) is 5.32 Å². The van der Waals surface area contributed by atoms with Gasteiger partial charge in [0.05, 0.1) is 16.1 Å². The Hall–Kier alpha value is -0.770. The van der Waals surface area contributed by atoms with E-state index in [0.717, 1.165) is 25.0 Å². The third kappa shape index (κ3) is 4.68. The maximum absolute atomic E-state index is 11.7. The predicted octanol–water partition coefficient (Wildman–Crippen LogP) is 3.22. The Bertz CT molecular complexity index is 445. The molecule has 1 atom stereocenters. The number of carbonyl (C=O) groups is 1. The van der Waals surface area contributed by atoms with Gasteiger partial charge < -0.3 is 10.1 Å². The van der Waals surface area contributed by atoms with Gasteiger partial charge in [-0.2, -0.15) is 0 Å². The molecule has 0 radical (unpaired) electrons. The SMILES string of the molecule is O=C(CCc1ccc(Cl)c(Cl)c1)NC[C@@H]1CCCO1. The van der Waals surface area contributed by atoms with Crippen molar-refractivity contribution >= 4 is 29.1 Å². The van der Waals surface area contributed by atoms with Crippen molar-refractivity contribution in [3.8, 4) is 0 Å². The molecule has 1 fully saturated rings. The predicted molar refractivity (Wildman–Crippen MR) is 76.8 cm³/mol. The largest absolute Gasteiger partial charge is 0.376 e. The molecule has 0 aliphatic carbocycles. The minimum atomic E-state index is 0.0431. The molecule has 0 saturated carbocycles. The van der Waals surface area contributed by atoms with Gasteiger partial charge in [-0.05, 0) is 37.0 Å². The average Bonchev–Trinajstić information content (AvgIpc) is 2.91. The van der Waals surface area contributed by atoms with E-state index in [1.54, 1.807) is 12.1 Å². The first-order valence-electron chi connectivity index (χ1n) is 6.47. The van der Waals surface area contributed by atoms with Gasteiger partial charge in [-0.3, -0.25) is 4.79 Å². The number of hydrogen-bond acceptors (Lipinski definition) is 2. The molecule has 0 bridgehead atoms. The molecule has 0 unspecified atom stereocenters. The molecule has 2 rings (SSSR count). The van der Waals surface area contributed by atoms with Crippen molar-refractivity contribution in [3.05, 3.63) is 33.8 Å². The fourth-order valence-corrected chi connectivity index (χ4v) is 2.40. The van der Waals surface area contributed by atoms with Crippen molar-refractivity contribution in [2.24, 2.45) is 0 Å². The van der Waals surface area contributed by atoms with Gasteiger partial charge in [-0.1, -0.05) is 29.3 Å². The maximum atomic E-state index is 11.7. The van der Waals surface area contributed by atoms with Crippen LogP contribution in [0.2, 0.25) is 10.0 Å². The first-order valence-corrected chi connectivity index (χ1v) is 7.23. The fraction of sp³-hybridized carbons (Fsp3) is 0.500. The van der Waals surface area contributed by atoms with Crippen molar-refractivity contribution in [3.63, 3.8) is 0 Å². The zero-order valence-corrected chi connectivity index (χ0v) is 12.1. The van der Waals surface area contributed by atoms with Crippen molar-refractivity contribution in [2.45, 2.75) is 31.8 Å². The highest BCUT2D eigenvalue weighted by atomic mass is 35.5. The molecule has 1 aliphatic heterocycles. The molecule has 0 aromatic heterocycles. The van der Waals surface area contributed by atoms with Crippen LogP contribution in [0.15, 0.2) is 18.2 Å². The van der Waals surface area contributed by atoms with E-state index < -0.39 is 0 Å². The summed E-state index contributed by atoms with van der Waals surface area (Å²) < 4.78 is 5.45. The van der Waals surface area contributed by atoms with Crippen LogP contribution in [0, 0.1) is 0 Å². The topological polar surface area (TPSA) is 38.3 Å². The van der Waals surface area contributed by atoms with Crippen LogP contribution >= 0.6 is 23.2 Å². The van der Waals surface area contributed by atoms with Crippen LogP contribution in [-0.4, -0.2) is 25.2 Å². The van der Waals surface area contributed by atoms with Crippen molar-refractivity contribution < 1.29 is 9.53 Å². The molecule has 0 spiro atoms. The molecule has 1 aromatic carbocycles. The number of hydrogen-bond donors (Lipinski definition) is 1. The molecule has 1 amide bonds. The fourth-order valence-electron chi connectivity index (χ4n) is 2.07. The highest BCUT2D eigenvalue weighted by Gasteiger charge is 2.15. The lowest BCUT2D eigenvalue weighted by Crippen LogP contribution is -2.31. The number of nitrogens with one attached hydrogen (secondary N) is 1. The average molecular weight is 302 g/mol. The number of carbonyl (C=O) groups excluding carboxylic acids is 1. The smallest absolute Gasteiger partial charge is 0.220 e. The standard InChI is InChI=1S/C14H17Cl2NO2/c15-12-5-3-10(8-13(12)16)4-6-14(18)17-9-11-2-1-7-19-11/h3,5,8,11H,1-2,4,6-7,9H2,(H,17,18)/t11-/m0/s1. The van der Waals surface area contributed by atoms with E-state index in [-0.39, 0.29) is 12.0 Å². The van der Waals surface area contributed by atoms with Crippen LogP contribution in [-0.2, 0) is 16.0 Å². The number of ether oxygens (including phenoxy) is 1. The summed E-state index contributed by atoms with van der Waals surface area (Å²) in [5.74, 6) is 0.0431. The van der Waals surface area contributed by atoms with E-state index in [1.165, 1.54) is 0 Å². The second-order valence-electron chi connectivity index (χ2n) is 4.69. The first-order chi connectivity index (χ1) is 9.15. The Morgan fingerprint density at radius 3 is 2.89 bits per heavy atom. The minimum Gasteiger partial charge on any atom is -0.376 e. The number of halogens is 2. The van der Waals surface area contributed by atoms with Crippen LogP contribution in [0.3, 0.4) is 0 Å². The number of amides is 1. The lowest BCUT2D eigenvalue weighted by Gasteiger charge is -2.10. The Labute approximate surface area is 123 Å². The van der Waals surface area contributed by atoms with E-state index >= 15 is 0 Å². The maximum Gasteiger partial charge on any atom is 0.220 e. The molecule has 1 saturated heterocycles. The van der Waals surface area contributed by atoms with Crippen LogP contribution < -0.4 is 5.32 Å². The van der Waals surface area contributed by atoms with Crippen LogP contribution in [0.5, 0.6) is 0 Å². The summed E-state index contributed by atoms with van der Waals surface area (Å²) in [6.07, 6.45) is 3.42. The number of benzene rings is 1. The third-order valence-electron chi connectivity index (χ3n) is 3.18. The van der Waals surface area contributed by atoms with Gasteiger partial charge in [0.1, 0.15) is 0 Å². The summed E-state index contributed by atoms with van der Waals surface area (Å²) in [4.78, 5) is 11.7. The molecule has 104 valence electrons. The Morgan fingerprint density at radius 1 is 1.37 bits per heavy atom. The van der Waals surface area contributed by atoms with Gasteiger partial charge in [-0.25, -0.2) is 0 Å². The van der Waals surface area contributed by atoms with E-state index in [1.807, 2.05) is 6.07 Å². The minimum absolute atomic E-state index is 0.0431. The van der Waals surface area contributed by atoms with Crippen molar-refractivity contribution in [2.75, 3.05) is 13.2 Å². The Balaban J connectivity index is 1.71. The van der Waals surface area contributed by atoms with Gasteiger partial charge in [0, 0.05) is 19.6 Å². The lowest BCUT2D eigenvalue weighted by molar-refractivity contribution is -0.121. The number of rotatable bonds is 5. The van der Waals surface area contributed by atoms with E-state index in [9.17, 15) is 4.79 Å². The van der Waals surface area contributed by atoms with Crippen LogP contribution in [0.25, 0.3) is 0 Å². The molecular weight excluding hydrogens is 285 g/mol. The molecule has 1 N–H and O–H groups in total. The molecular formula is C14H17Cl2NO2. The Kier molecular flexibility index (Phi) is 5.49. The van der Waals surface area contributed by atoms with Crippen LogP contribution in [0.4, 0.5) is 0 Å². The molecule has 19 heavy (non-hydrogen) atoms. The van der Waals surface area contributed by atoms with E-state index in [4.69, 9.17) is 27.9 Å². The monoisotopic (exact) mass is 301 g/mol. The zero-order chi connectivity index (χ0) is 13.7. The first kappa shape index (κ1) is 14.6. The third-order valence-corrected chi connectivity index (χ3v) is 3.91. The lowest BCUT2D eigenvalue weighted by atomic mass is 10.1. The normalized spacial score (nSPS) is 18.5. The highest BCUT2D eigenvalue weighted by molar-refractivity contribution is 6.42. The molecule has 5 heteroatoms. The second-order valence-corrected chi connectivity index (χ2v) is 5.50. The van der Waals surface area contributed by atoms with Crippen LogP contribution in [0.1, 0.15) is 24.8 Å². The number of aryl methyl sites for hydroxylation is 1. The van der Waals surface area contributed by atoms with Gasteiger partial charge in [0.25, 0.3) is 0 Å². The van der Waals surface area contributed by atoms with Crippen molar-refractivity contribution in [1.29, 1.82) is 0 Å². The summed E-state index contributed by atoms with van der Waals surface area (Å²) in [5.41, 5.74) is 1.02. The van der Waals surface area contributed by atoms with Crippen molar-refractivity contribution in [1.82, 2.24) is 5.32 Å². The van der Waals surface area contributed by atoms with Gasteiger partial charge >= 0.3 is 0 Å². The van der Waals surface area contributed by atoms with E-state index in [0.29, 0.717) is 29.4 Å². The molecule has 1 aliphatic rings. The van der Waals surface area contributed by atoms with Gasteiger partial charge in [0.15, 0.2) is 0 Å². The molecule has 1 aromatic rings. The Morgan fingerprint density at radius 2 is 2.21 bits per heavy atom. The highest BCUT2D eigenvalue weighted by Crippen LogP contribution is 2.23. The zero-order valence-electron chi connectivity index (χ0n) is 10.6. The summed E-state index contributed by atoms with van der Waals surface area (Å²) in [6.45, 7) is 1.42. The summed E-state index contributed by atoms with van der Waals surface area (Å²) in [7, 11) is 0. The molecule has 3 nitrogen and oxygen atoms in total. The van der Waals surface area contributed by atoms with Gasteiger partial charge in [-0.15, -0.1) is 0 Å². The molecule has 1 heterocycles. The summed E-state index contributed by atoms with van der Waals surface area (Å²) in [6, 6.07) is 5.45.